The second-order valence-corrected chi connectivity index (χ2v) is 6.01. The number of hydrogen-bond acceptors (Lipinski definition) is 3. The third-order valence-electron chi connectivity index (χ3n) is 3.68. The molecule has 2 rings (SSSR count). The van der Waals surface area contributed by atoms with E-state index in [0.29, 0.717) is 24.3 Å². The first kappa shape index (κ1) is 18.7. The van der Waals surface area contributed by atoms with Crippen LogP contribution in [0.4, 0.5) is 5.69 Å². The number of rotatable bonds is 7. The van der Waals surface area contributed by atoms with Crippen molar-refractivity contribution in [3.05, 3.63) is 64.7 Å². The SMILES string of the molecule is COCCCNC(=O)c1cccc(C(=O)Nc2cc(C)cc(C)c2)c1. The zero-order chi connectivity index (χ0) is 18.2. The second-order valence-electron chi connectivity index (χ2n) is 6.01. The lowest BCUT2D eigenvalue weighted by molar-refractivity contribution is 0.0948. The molecule has 2 aromatic carbocycles. The number of methoxy groups -OCH3 is 1. The maximum absolute atomic E-state index is 12.5. The van der Waals surface area contributed by atoms with E-state index >= 15 is 0 Å². The number of aryl methyl sites for hydroxylation is 2. The number of nitrogens with one attached hydrogen (secondary N) is 2. The lowest BCUT2D eigenvalue weighted by Crippen LogP contribution is -2.25. The summed E-state index contributed by atoms with van der Waals surface area (Å²) in [7, 11) is 1.62. The van der Waals surface area contributed by atoms with Gasteiger partial charge in [0.05, 0.1) is 0 Å². The number of benzene rings is 2. The fourth-order valence-corrected chi connectivity index (χ4v) is 2.57. The molecule has 5 nitrogen and oxygen atoms in total. The van der Waals surface area contributed by atoms with E-state index in [1.807, 2.05) is 32.0 Å². The zero-order valence-corrected chi connectivity index (χ0v) is 14.9. The molecule has 2 amide bonds. The topological polar surface area (TPSA) is 67.4 Å². The summed E-state index contributed by atoms with van der Waals surface area (Å²) >= 11 is 0. The molecule has 0 fully saturated rings. The van der Waals surface area contributed by atoms with E-state index in [1.54, 1.807) is 31.4 Å². The van der Waals surface area contributed by atoms with E-state index in [-0.39, 0.29) is 11.8 Å². The molecule has 0 aliphatic heterocycles. The molecule has 0 unspecified atom stereocenters. The highest BCUT2D eigenvalue weighted by Gasteiger charge is 2.11. The van der Waals surface area contributed by atoms with Crippen molar-refractivity contribution in [2.45, 2.75) is 20.3 Å². The van der Waals surface area contributed by atoms with Crippen LogP contribution in [0.1, 0.15) is 38.3 Å². The van der Waals surface area contributed by atoms with Gasteiger partial charge < -0.3 is 15.4 Å². The standard InChI is InChI=1S/C20H24N2O3/c1-14-10-15(2)12-18(11-14)22-20(24)17-7-4-6-16(13-17)19(23)21-8-5-9-25-3/h4,6-7,10-13H,5,8-9H2,1-3H3,(H,21,23)(H,22,24). The average molecular weight is 340 g/mol. The minimum atomic E-state index is -0.237. The number of carbonyl (C=O) groups is 2. The van der Waals surface area contributed by atoms with Gasteiger partial charge >= 0.3 is 0 Å². The Hall–Kier alpha value is -2.66. The first-order valence-corrected chi connectivity index (χ1v) is 8.26. The average Bonchev–Trinajstić information content (AvgIpc) is 2.57. The van der Waals surface area contributed by atoms with E-state index < -0.39 is 0 Å². The minimum Gasteiger partial charge on any atom is -0.385 e. The number of hydrogen-bond donors (Lipinski definition) is 2. The molecule has 0 bridgehead atoms. The molecular formula is C20H24N2O3. The summed E-state index contributed by atoms with van der Waals surface area (Å²) in [5, 5.41) is 5.69. The maximum atomic E-state index is 12.5. The highest BCUT2D eigenvalue weighted by Crippen LogP contribution is 2.15. The van der Waals surface area contributed by atoms with Crippen LogP contribution < -0.4 is 10.6 Å². The summed E-state index contributed by atoms with van der Waals surface area (Å²) in [6.45, 7) is 5.10. The second kappa shape index (κ2) is 8.99. The highest BCUT2D eigenvalue weighted by atomic mass is 16.5. The van der Waals surface area contributed by atoms with Gasteiger partial charge in [-0.3, -0.25) is 9.59 Å². The first-order chi connectivity index (χ1) is 12.0. The molecule has 25 heavy (non-hydrogen) atoms. The Balaban J connectivity index is 2.04. The molecule has 132 valence electrons. The molecule has 0 saturated heterocycles. The molecule has 0 atom stereocenters. The molecule has 2 N–H and O–H groups in total. The number of anilines is 1. The number of ether oxygens (including phenoxy) is 1. The maximum Gasteiger partial charge on any atom is 0.255 e. The fourth-order valence-electron chi connectivity index (χ4n) is 2.57. The van der Waals surface area contributed by atoms with Crippen molar-refractivity contribution < 1.29 is 14.3 Å². The quantitative estimate of drug-likeness (QED) is 0.760. The van der Waals surface area contributed by atoms with Crippen LogP contribution in [0.15, 0.2) is 42.5 Å². The Morgan fingerprint density at radius 3 is 2.24 bits per heavy atom. The van der Waals surface area contributed by atoms with Gasteiger partial charge in [0.15, 0.2) is 0 Å². The summed E-state index contributed by atoms with van der Waals surface area (Å²) < 4.78 is 4.95. The van der Waals surface area contributed by atoms with Crippen LogP contribution in [0, 0.1) is 13.8 Å². The molecule has 0 aromatic heterocycles. The predicted octanol–water partition coefficient (Wildman–Crippen LogP) is 3.32. The predicted molar refractivity (Wildman–Crippen MR) is 99.1 cm³/mol. The van der Waals surface area contributed by atoms with Crippen molar-refractivity contribution in [3.8, 4) is 0 Å². The largest absolute Gasteiger partial charge is 0.385 e. The van der Waals surface area contributed by atoms with E-state index in [0.717, 1.165) is 23.2 Å². The Labute approximate surface area is 148 Å². The zero-order valence-electron chi connectivity index (χ0n) is 14.9. The van der Waals surface area contributed by atoms with Crippen molar-refractivity contribution in [2.24, 2.45) is 0 Å². The van der Waals surface area contributed by atoms with Gasteiger partial charge in [0.25, 0.3) is 11.8 Å². The molecule has 0 saturated carbocycles. The smallest absolute Gasteiger partial charge is 0.255 e. The van der Waals surface area contributed by atoms with Crippen molar-refractivity contribution in [3.63, 3.8) is 0 Å². The Bertz CT molecular complexity index is 736. The van der Waals surface area contributed by atoms with Gasteiger partial charge in [-0.05, 0) is 61.7 Å². The van der Waals surface area contributed by atoms with Crippen LogP contribution in [-0.2, 0) is 4.74 Å². The molecule has 0 heterocycles. The fraction of sp³-hybridized carbons (Fsp3) is 0.300. The van der Waals surface area contributed by atoms with Gasteiger partial charge in [-0.2, -0.15) is 0 Å². The summed E-state index contributed by atoms with van der Waals surface area (Å²) in [5.74, 6) is -0.434. The van der Waals surface area contributed by atoms with Crippen molar-refractivity contribution in [2.75, 3.05) is 25.6 Å². The van der Waals surface area contributed by atoms with Gasteiger partial charge in [0.2, 0.25) is 0 Å². The lowest BCUT2D eigenvalue weighted by atomic mass is 10.1. The van der Waals surface area contributed by atoms with Crippen molar-refractivity contribution in [1.29, 1.82) is 0 Å². The Morgan fingerprint density at radius 1 is 0.960 bits per heavy atom. The third kappa shape index (κ3) is 5.72. The minimum absolute atomic E-state index is 0.197. The number of carbonyl (C=O) groups excluding carboxylic acids is 2. The Morgan fingerprint density at radius 2 is 1.60 bits per heavy atom. The Kier molecular flexibility index (Phi) is 6.71. The molecule has 5 heteroatoms. The van der Waals surface area contributed by atoms with Gasteiger partial charge in [0.1, 0.15) is 0 Å². The van der Waals surface area contributed by atoms with Gasteiger partial charge in [-0.25, -0.2) is 0 Å². The monoisotopic (exact) mass is 340 g/mol. The van der Waals surface area contributed by atoms with Gasteiger partial charge in [-0.15, -0.1) is 0 Å². The molecule has 0 aliphatic carbocycles. The molecule has 0 aliphatic rings. The van der Waals surface area contributed by atoms with Crippen LogP contribution in [0.2, 0.25) is 0 Å². The summed E-state index contributed by atoms with van der Waals surface area (Å²) in [5.41, 5.74) is 3.82. The van der Waals surface area contributed by atoms with Crippen LogP contribution in [0.25, 0.3) is 0 Å². The third-order valence-corrected chi connectivity index (χ3v) is 3.68. The van der Waals surface area contributed by atoms with E-state index in [4.69, 9.17) is 4.74 Å². The lowest BCUT2D eigenvalue weighted by Gasteiger charge is -2.09. The summed E-state index contributed by atoms with van der Waals surface area (Å²) in [6, 6.07) is 12.6. The van der Waals surface area contributed by atoms with Crippen LogP contribution >= 0.6 is 0 Å². The summed E-state index contributed by atoms with van der Waals surface area (Å²) in [4.78, 5) is 24.6. The van der Waals surface area contributed by atoms with E-state index in [2.05, 4.69) is 10.6 Å². The first-order valence-electron chi connectivity index (χ1n) is 8.26. The van der Waals surface area contributed by atoms with Crippen molar-refractivity contribution >= 4 is 17.5 Å². The van der Waals surface area contributed by atoms with E-state index in [9.17, 15) is 9.59 Å². The van der Waals surface area contributed by atoms with Crippen molar-refractivity contribution in [1.82, 2.24) is 5.32 Å². The highest BCUT2D eigenvalue weighted by molar-refractivity contribution is 6.06. The summed E-state index contributed by atoms with van der Waals surface area (Å²) in [6.07, 6.45) is 0.745. The molecular weight excluding hydrogens is 316 g/mol. The van der Waals surface area contributed by atoms with Gasteiger partial charge in [0, 0.05) is 37.1 Å². The van der Waals surface area contributed by atoms with Crippen LogP contribution in [0.3, 0.4) is 0 Å². The van der Waals surface area contributed by atoms with E-state index in [1.165, 1.54) is 0 Å². The molecule has 2 aromatic rings. The van der Waals surface area contributed by atoms with Gasteiger partial charge in [-0.1, -0.05) is 12.1 Å². The number of amides is 2. The molecule has 0 spiro atoms. The van der Waals surface area contributed by atoms with Crippen LogP contribution in [-0.4, -0.2) is 32.1 Å². The normalized spacial score (nSPS) is 10.4. The van der Waals surface area contributed by atoms with Crippen LogP contribution in [0.5, 0.6) is 0 Å². The molecule has 0 radical (unpaired) electrons.